The van der Waals surface area contributed by atoms with Crippen molar-refractivity contribution in [3.8, 4) is 5.75 Å². The second-order valence-corrected chi connectivity index (χ2v) is 7.14. The Hall–Kier alpha value is -1.65. The second kappa shape index (κ2) is 6.34. The van der Waals surface area contributed by atoms with Crippen LogP contribution in [0, 0.1) is 23.7 Å². The number of allylic oxidation sites excluding steroid dienone is 2. The lowest BCUT2D eigenvalue weighted by Gasteiger charge is -2.42. The number of hydrogen-bond acceptors (Lipinski definition) is 4. The second-order valence-electron chi connectivity index (χ2n) is 7.14. The molecule has 0 aromatic heterocycles. The molecule has 3 aliphatic carbocycles. The minimum atomic E-state index is 0.0287. The fourth-order valence-electron chi connectivity index (χ4n) is 5.03. The number of methoxy groups -OCH3 is 2. The lowest BCUT2D eigenvalue weighted by molar-refractivity contribution is -0.148. The van der Waals surface area contributed by atoms with Gasteiger partial charge in [0.25, 0.3) is 0 Å². The molecule has 0 unspecified atom stereocenters. The predicted molar refractivity (Wildman–Crippen MR) is 89.8 cm³/mol. The smallest absolute Gasteiger partial charge is 0.146 e. The topological polar surface area (TPSA) is 44.8 Å². The van der Waals surface area contributed by atoms with E-state index in [1.807, 2.05) is 12.1 Å². The molecule has 4 nitrogen and oxygen atoms in total. The van der Waals surface area contributed by atoms with Crippen molar-refractivity contribution in [1.29, 1.82) is 0 Å². The van der Waals surface area contributed by atoms with Crippen LogP contribution in [-0.4, -0.2) is 32.9 Å². The van der Waals surface area contributed by atoms with E-state index in [4.69, 9.17) is 14.2 Å². The summed E-state index contributed by atoms with van der Waals surface area (Å²) in [5.41, 5.74) is 1.15. The van der Waals surface area contributed by atoms with Crippen LogP contribution >= 0.6 is 0 Å². The van der Waals surface area contributed by atoms with Gasteiger partial charge in [0.15, 0.2) is 0 Å². The lowest BCUT2D eigenvalue weighted by atomic mass is 9.65. The molecule has 1 aromatic rings. The minimum Gasteiger partial charge on any atom is -0.497 e. The maximum atomic E-state index is 12.8. The average molecular weight is 328 g/mol. The molecule has 24 heavy (non-hydrogen) atoms. The van der Waals surface area contributed by atoms with Crippen LogP contribution in [0.5, 0.6) is 5.75 Å². The Morgan fingerprint density at radius 2 is 1.83 bits per heavy atom. The van der Waals surface area contributed by atoms with Gasteiger partial charge < -0.3 is 14.2 Å². The third-order valence-electron chi connectivity index (χ3n) is 6.01. The SMILES string of the molecule is COCO[C@@H]1[C@H]2[C@@H](C(=O)C[C@H]1c1ccc(OC)cc1)[C@H]1C=C[C@@H]2C1. The maximum Gasteiger partial charge on any atom is 0.146 e. The maximum absolute atomic E-state index is 12.8. The summed E-state index contributed by atoms with van der Waals surface area (Å²) in [6.07, 6.45) is 6.21. The fourth-order valence-corrected chi connectivity index (χ4v) is 5.03. The number of fused-ring (bicyclic) bond motifs is 5. The monoisotopic (exact) mass is 328 g/mol. The molecule has 0 radical (unpaired) electrons. The van der Waals surface area contributed by atoms with Crippen LogP contribution in [0.3, 0.4) is 0 Å². The number of benzene rings is 1. The molecule has 3 aliphatic rings. The number of hydrogen-bond donors (Lipinski definition) is 0. The molecule has 0 heterocycles. The summed E-state index contributed by atoms with van der Waals surface area (Å²) in [4.78, 5) is 12.8. The summed E-state index contributed by atoms with van der Waals surface area (Å²) < 4.78 is 16.6. The van der Waals surface area contributed by atoms with Gasteiger partial charge in [0, 0.05) is 31.3 Å². The van der Waals surface area contributed by atoms with E-state index < -0.39 is 0 Å². The van der Waals surface area contributed by atoms with Crippen molar-refractivity contribution in [2.45, 2.75) is 24.9 Å². The van der Waals surface area contributed by atoms with Crippen molar-refractivity contribution in [1.82, 2.24) is 0 Å². The van der Waals surface area contributed by atoms with Crippen LogP contribution in [0.15, 0.2) is 36.4 Å². The molecule has 4 heteroatoms. The molecule has 0 amide bonds. The Bertz CT molecular complexity index is 636. The van der Waals surface area contributed by atoms with E-state index in [0.717, 1.165) is 17.7 Å². The zero-order valence-corrected chi connectivity index (χ0v) is 14.2. The molecule has 128 valence electrons. The van der Waals surface area contributed by atoms with Gasteiger partial charge in [-0.15, -0.1) is 0 Å². The summed E-state index contributed by atoms with van der Waals surface area (Å²) in [5, 5.41) is 0. The average Bonchev–Trinajstić information content (AvgIpc) is 3.23. The van der Waals surface area contributed by atoms with Gasteiger partial charge in [0.05, 0.1) is 13.2 Å². The van der Waals surface area contributed by atoms with Crippen LogP contribution in [0.2, 0.25) is 0 Å². The van der Waals surface area contributed by atoms with Gasteiger partial charge in [-0.05, 0) is 36.0 Å². The van der Waals surface area contributed by atoms with Crippen molar-refractivity contribution in [3.05, 3.63) is 42.0 Å². The van der Waals surface area contributed by atoms with Gasteiger partial charge in [-0.2, -0.15) is 0 Å². The molecule has 0 aliphatic heterocycles. The first-order valence-electron chi connectivity index (χ1n) is 8.68. The molecule has 2 bridgehead atoms. The van der Waals surface area contributed by atoms with Gasteiger partial charge >= 0.3 is 0 Å². The minimum absolute atomic E-state index is 0.0287. The number of carbonyl (C=O) groups excluding carboxylic acids is 1. The van der Waals surface area contributed by atoms with Crippen molar-refractivity contribution >= 4 is 5.78 Å². The highest BCUT2D eigenvalue weighted by Crippen LogP contribution is 2.56. The van der Waals surface area contributed by atoms with Crippen LogP contribution < -0.4 is 4.74 Å². The fraction of sp³-hybridized carbons (Fsp3) is 0.550. The molecule has 6 atom stereocenters. The van der Waals surface area contributed by atoms with E-state index in [2.05, 4.69) is 24.3 Å². The first-order chi connectivity index (χ1) is 11.7. The Morgan fingerprint density at radius 1 is 1.08 bits per heavy atom. The Balaban J connectivity index is 1.66. The lowest BCUT2D eigenvalue weighted by Crippen LogP contribution is -2.46. The largest absolute Gasteiger partial charge is 0.497 e. The molecule has 2 fully saturated rings. The number of carbonyl (C=O) groups is 1. The molecule has 1 aromatic carbocycles. The van der Waals surface area contributed by atoms with Gasteiger partial charge in [-0.1, -0.05) is 24.3 Å². The van der Waals surface area contributed by atoms with Crippen molar-refractivity contribution in [2.24, 2.45) is 23.7 Å². The molecule has 0 saturated heterocycles. The third kappa shape index (κ3) is 2.49. The first-order valence-corrected chi connectivity index (χ1v) is 8.68. The highest BCUT2D eigenvalue weighted by molar-refractivity contribution is 5.85. The molecular formula is C20H24O4. The summed E-state index contributed by atoms with van der Waals surface area (Å²) in [7, 11) is 3.31. The van der Waals surface area contributed by atoms with Crippen LogP contribution in [-0.2, 0) is 14.3 Å². The summed E-state index contributed by atoms with van der Waals surface area (Å²) in [6, 6.07) is 8.03. The van der Waals surface area contributed by atoms with E-state index in [0.29, 0.717) is 24.0 Å². The highest BCUT2D eigenvalue weighted by Gasteiger charge is 2.56. The van der Waals surface area contributed by atoms with Crippen LogP contribution in [0.1, 0.15) is 24.3 Å². The molecule has 0 spiro atoms. The Labute approximate surface area is 142 Å². The quantitative estimate of drug-likeness (QED) is 0.615. The van der Waals surface area contributed by atoms with E-state index in [1.165, 1.54) is 0 Å². The number of ether oxygens (including phenoxy) is 3. The number of Topliss-reactive ketones (excluding diaryl/α,β-unsaturated/α-hetero) is 1. The van der Waals surface area contributed by atoms with Gasteiger partial charge in [0.1, 0.15) is 18.3 Å². The van der Waals surface area contributed by atoms with E-state index in [-0.39, 0.29) is 30.7 Å². The van der Waals surface area contributed by atoms with E-state index in [9.17, 15) is 4.79 Å². The van der Waals surface area contributed by atoms with Gasteiger partial charge in [0.2, 0.25) is 0 Å². The van der Waals surface area contributed by atoms with Crippen LogP contribution in [0.4, 0.5) is 0 Å². The first kappa shape index (κ1) is 15.9. The Morgan fingerprint density at radius 3 is 2.54 bits per heavy atom. The number of ketones is 1. The summed E-state index contributed by atoms with van der Waals surface area (Å²) in [6.45, 7) is 0.274. The van der Waals surface area contributed by atoms with Crippen molar-refractivity contribution in [3.63, 3.8) is 0 Å². The summed E-state index contributed by atoms with van der Waals surface area (Å²) in [5.74, 6) is 2.61. The standard InChI is InChI=1S/C20H24O4/c1-22-11-24-20-16(12-5-7-15(23-2)8-6-12)10-17(21)18-13-3-4-14(9-13)19(18)20/h3-8,13-14,16,18-20H,9-11H2,1-2H3/t13-,14+,16-,18+,19+,20-/m0/s1. The van der Waals surface area contributed by atoms with E-state index in [1.54, 1.807) is 14.2 Å². The van der Waals surface area contributed by atoms with E-state index >= 15 is 0 Å². The van der Waals surface area contributed by atoms with Crippen molar-refractivity contribution in [2.75, 3.05) is 21.0 Å². The third-order valence-corrected chi connectivity index (χ3v) is 6.01. The predicted octanol–water partition coefficient (Wildman–Crippen LogP) is 3.18. The van der Waals surface area contributed by atoms with Crippen molar-refractivity contribution < 1.29 is 19.0 Å². The molecule has 4 rings (SSSR count). The highest BCUT2D eigenvalue weighted by atomic mass is 16.7. The number of rotatable bonds is 5. The Kier molecular flexibility index (Phi) is 4.19. The normalized spacial score (nSPS) is 36.8. The molecular weight excluding hydrogens is 304 g/mol. The molecule has 0 N–H and O–H groups in total. The molecule has 2 saturated carbocycles. The van der Waals surface area contributed by atoms with Crippen LogP contribution in [0.25, 0.3) is 0 Å². The summed E-state index contributed by atoms with van der Waals surface area (Å²) >= 11 is 0. The van der Waals surface area contributed by atoms with Gasteiger partial charge in [-0.3, -0.25) is 4.79 Å². The van der Waals surface area contributed by atoms with Gasteiger partial charge in [-0.25, -0.2) is 0 Å². The zero-order valence-electron chi connectivity index (χ0n) is 14.2. The zero-order chi connectivity index (χ0) is 16.7.